The summed E-state index contributed by atoms with van der Waals surface area (Å²) in [6.45, 7) is 9.08. The summed E-state index contributed by atoms with van der Waals surface area (Å²) in [6, 6.07) is 12.6. The van der Waals surface area contributed by atoms with Crippen molar-refractivity contribution in [2.75, 3.05) is 46.5 Å². The molecule has 2 aliphatic heterocycles. The number of ether oxygens (including phenoxy) is 2. The number of benzene rings is 1. The minimum atomic E-state index is -0.415. The Labute approximate surface area is 227 Å². The third-order valence-electron chi connectivity index (χ3n) is 7.36. The minimum Gasteiger partial charge on any atom is -0.494 e. The highest BCUT2D eigenvalue weighted by molar-refractivity contribution is 7.80. The van der Waals surface area contributed by atoms with E-state index in [-0.39, 0.29) is 17.8 Å². The van der Waals surface area contributed by atoms with Gasteiger partial charge in [-0.1, -0.05) is 6.07 Å². The van der Waals surface area contributed by atoms with Gasteiger partial charge in [0.2, 0.25) is 0 Å². The summed E-state index contributed by atoms with van der Waals surface area (Å²) < 4.78 is 13.2. The van der Waals surface area contributed by atoms with E-state index in [2.05, 4.69) is 37.7 Å². The predicted molar refractivity (Wildman–Crippen MR) is 148 cm³/mol. The second-order valence-corrected chi connectivity index (χ2v) is 9.94. The zero-order chi connectivity index (χ0) is 26.8. The predicted octanol–water partition coefficient (Wildman–Crippen LogP) is 3.71. The number of nitro groups is 1. The fraction of sp³-hybridized carbons (Fsp3) is 0.407. The molecule has 200 valence electrons. The second-order valence-electron chi connectivity index (χ2n) is 9.55. The molecule has 3 aromatic rings. The maximum atomic E-state index is 11.3. The summed E-state index contributed by atoms with van der Waals surface area (Å²) in [5.41, 5.74) is 4.79. The summed E-state index contributed by atoms with van der Waals surface area (Å²) in [4.78, 5) is 20.3. The fourth-order valence-electron chi connectivity index (χ4n) is 5.48. The van der Waals surface area contributed by atoms with Gasteiger partial charge in [-0.3, -0.25) is 20.0 Å². The highest BCUT2D eigenvalue weighted by Gasteiger charge is 2.41. The largest absolute Gasteiger partial charge is 0.494 e. The first-order chi connectivity index (χ1) is 18.4. The molecule has 2 fully saturated rings. The highest BCUT2D eigenvalue weighted by atomic mass is 32.1. The summed E-state index contributed by atoms with van der Waals surface area (Å²) in [5, 5.41) is 15.6. The summed E-state index contributed by atoms with van der Waals surface area (Å²) >= 11 is 5.87. The molecule has 4 heterocycles. The van der Waals surface area contributed by atoms with Crippen LogP contribution in [0.25, 0.3) is 5.69 Å². The lowest BCUT2D eigenvalue weighted by atomic mass is 9.96. The molecule has 0 radical (unpaired) electrons. The van der Waals surface area contributed by atoms with Crippen molar-refractivity contribution in [3.05, 3.63) is 81.4 Å². The van der Waals surface area contributed by atoms with Gasteiger partial charge in [-0.25, -0.2) is 0 Å². The first-order valence-corrected chi connectivity index (χ1v) is 13.1. The van der Waals surface area contributed by atoms with Gasteiger partial charge in [-0.05, 0) is 55.9 Å². The van der Waals surface area contributed by atoms with Gasteiger partial charge in [-0.2, -0.15) is 0 Å². The number of rotatable bonds is 8. The fourth-order valence-corrected chi connectivity index (χ4v) is 5.81. The monoisotopic (exact) mass is 536 g/mol. The molecular weight excluding hydrogens is 504 g/mol. The van der Waals surface area contributed by atoms with Crippen LogP contribution in [-0.4, -0.2) is 75.9 Å². The Kier molecular flexibility index (Phi) is 7.59. The van der Waals surface area contributed by atoms with Crippen LogP contribution in [0, 0.1) is 24.0 Å². The lowest BCUT2D eigenvalue weighted by Crippen LogP contribution is -2.42. The number of aromatic nitrogens is 2. The smallest absolute Gasteiger partial charge is 0.273 e. The van der Waals surface area contributed by atoms with Crippen molar-refractivity contribution in [1.29, 1.82) is 0 Å². The average Bonchev–Trinajstić information content (AvgIpc) is 3.42. The summed E-state index contributed by atoms with van der Waals surface area (Å²) in [7, 11) is 1.53. The van der Waals surface area contributed by atoms with Crippen LogP contribution in [-0.2, 0) is 4.74 Å². The minimum absolute atomic E-state index is 0.0110. The van der Waals surface area contributed by atoms with Crippen LogP contribution in [0.15, 0.2) is 48.7 Å². The lowest BCUT2D eigenvalue weighted by molar-refractivity contribution is -0.384. The average molecular weight is 537 g/mol. The van der Waals surface area contributed by atoms with Crippen LogP contribution >= 0.6 is 12.2 Å². The molecule has 0 aliphatic carbocycles. The van der Waals surface area contributed by atoms with E-state index in [4.69, 9.17) is 21.7 Å². The molecule has 2 aromatic heterocycles. The number of aryl methyl sites for hydroxylation is 1. The van der Waals surface area contributed by atoms with Gasteiger partial charge in [-0.15, -0.1) is 0 Å². The van der Waals surface area contributed by atoms with Crippen LogP contribution in [0.4, 0.5) is 5.69 Å². The van der Waals surface area contributed by atoms with Crippen LogP contribution in [0.1, 0.15) is 34.7 Å². The SMILES string of the molecule is COc1cc([N+](=O)[O-])ccc1-n1c(C)cc([C@@H]2[C@H](c3ccccn3)NC(=S)N2CCN2CCOCC2)c1C. The topological polar surface area (TPSA) is 97.9 Å². The van der Waals surface area contributed by atoms with Gasteiger partial charge in [0.25, 0.3) is 5.69 Å². The molecule has 38 heavy (non-hydrogen) atoms. The Morgan fingerprint density at radius 3 is 2.66 bits per heavy atom. The van der Waals surface area contributed by atoms with Crippen LogP contribution in [0.2, 0.25) is 0 Å². The van der Waals surface area contributed by atoms with E-state index in [1.54, 1.807) is 12.3 Å². The van der Waals surface area contributed by atoms with E-state index >= 15 is 0 Å². The van der Waals surface area contributed by atoms with Gasteiger partial charge in [0.05, 0.1) is 54.8 Å². The molecule has 0 saturated carbocycles. The molecule has 10 nitrogen and oxygen atoms in total. The zero-order valence-corrected chi connectivity index (χ0v) is 22.6. The molecule has 5 rings (SSSR count). The van der Waals surface area contributed by atoms with Crippen molar-refractivity contribution in [2.45, 2.75) is 25.9 Å². The number of thiocarbonyl (C=S) groups is 1. The number of hydrogen-bond donors (Lipinski definition) is 1. The quantitative estimate of drug-likeness (QED) is 0.262. The van der Waals surface area contributed by atoms with E-state index in [1.165, 1.54) is 19.2 Å². The lowest BCUT2D eigenvalue weighted by Gasteiger charge is -2.32. The summed E-state index contributed by atoms with van der Waals surface area (Å²) in [6.07, 6.45) is 1.80. The molecule has 11 heteroatoms. The van der Waals surface area contributed by atoms with Crippen molar-refractivity contribution in [2.24, 2.45) is 0 Å². The molecular formula is C27H32N6O4S. The van der Waals surface area contributed by atoms with Gasteiger partial charge in [0.1, 0.15) is 5.75 Å². The molecule has 2 atom stereocenters. The standard InChI is InChI=1S/C27H32N6O4S/c1-18-16-21(19(2)32(18)23-8-7-20(33(34)35)17-24(23)36-3)26-25(22-6-4-5-9-28-22)29-27(38)31(26)11-10-30-12-14-37-15-13-30/h4-9,16-17,25-26H,10-15H2,1-3H3,(H,29,38)/t25-,26+/m0/s1. The number of nitro benzene ring substituents is 1. The van der Waals surface area contributed by atoms with Crippen molar-refractivity contribution in [1.82, 2.24) is 24.7 Å². The molecule has 2 saturated heterocycles. The Hall–Kier alpha value is -3.54. The third kappa shape index (κ3) is 4.96. The molecule has 0 unspecified atom stereocenters. The first-order valence-electron chi connectivity index (χ1n) is 12.7. The van der Waals surface area contributed by atoms with Crippen molar-refractivity contribution >= 4 is 23.0 Å². The first kappa shape index (κ1) is 26.1. The van der Waals surface area contributed by atoms with Gasteiger partial charge < -0.3 is 24.3 Å². The van der Waals surface area contributed by atoms with Crippen molar-refractivity contribution in [3.8, 4) is 11.4 Å². The van der Waals surface area contributed by atoms with E-state index in [1.807, 2.05) is 25.1 Å². The number of morpholine rings is 1. The van der Waals surface area contributed by atoms with Gasteiger partial charge >= 0.3 is 0 Å². The van der Waals surface area contributed by atoms with Crippen LogP contribution in [0.3, 0.4) is 0 Å². The van der Waals surface area contributed by atoms with E-state index in [0.29, 0.717) is 10.9 Å². The number of non-ortho nitro benzene ring substituents is 1. The van der Waals surface area contributed by atoms with Gasteiger partial charge in [0.15, 0.2) is 5.11 Å². The number of methoxy groups -OCH3 is 1. The van der Waals surface area contributed by atoms with E-state index in [9.17, 15) is 10.1 Å². The Morgan fingerprint density at radius 2 is 1.97 bits per heavy atom. The maximum Gasteiger partial charge on any atom is 0.273 e. The maximum absolute atomic E-state index is 11.3. The van der Waals surface area contributed by atoms with E-state index in [0.717, 1.165) is 67.7 Å². The number of nitrogens with one attached hydrogen (secondary N) is 1. The van der Waals surface area contributed by atoms with E-state index < -0.39 is 4.92 Å². The summed E-state index contributed by atoms with van der Waals surface area (Å²) in [5.74, 6) is 0.443. The number of pyridine rings is 1. The Morgan fingerprint density at radius 1 is 1.18 bits per heavy atom. The molecule has 0 spiro atoms. The Balaban J connectivity index is 1.55. The Bertz CT molecular complexity index is 1320. The normalized spacial score (nSPS) is 20.0. The number of nitrogens with zero attached hydrogens (tertiary/aromatic N) is 5. The number of hydrogen-bond acceptors (Lipinski definition) is 7. The second kappa shape index (κ2) is 11.1. The van der Waals surface area contributed by atoms with Crippen molar-refractivity contribution < 1.29 is 14.4 Å². The molecule has 2 aliphatic rings. The molecule has 1 N–H and O–H groups in total. The third-order valence-corrected chi connectivity index (χ3v) is 7.71. The van der Waals surface area contributed by atoms with Crippen LogP contribution < -0.4 is 10.1 Å². The highest BCUT2D eigenvalue weighted by Crippen LogP contribution is 2.42. The molecule has 0 bridgehead atoms. The molecule has 0 amide bonds. The van der Waals surface area contributed by atoms with Gasteiger partial charge in [0, 0.05) is 49.8 Å². The zero-order valence-electron chi connectivity index (χ0n) is 21.8. The molecule has 1 aromatic carbocycles. The van der Waals surface area contributed by atoms with Crippen molar-refractivity contribution in [3.63, 3.8) is 0 Å². The van der Waals surface area contributed by atoms with Crippen LogP contribution in [0.5, 0.6) is 5.75 Å².